The van der Waals surface area contributed by atoms with Crippen LogP contribution < -0.4 is 14.4 Å². The highest BCUT2D eigenvalue weighted by Gasteiger charge is 2.33. The largest absolute Gasteiger partial charge is 0.508 e. The third-order valence-electron chi connectivity index (χ3n) is 5.64. The number of phenolic OH excluding ortho intramolecular Hbond substituents is 1. The average molecular weight is 418 g/mol. The molecule has 7 heteroatoms. The van der Waals surface area contributed by atoms with Crippen molar-refractivity contribution in [2.45, 2.75) is 6.04 Å². The maximum Gasteiger partial charge on any atom is 0.144 e. The fourth-order valence-corrected chi connectivity index (χ4v) is 4.35. The number of anilines is 1. The van der Waals surface area contributed by atoms with Crippen molar-refractivity contribution < 1.29 is 19.0 Å². The number of methoxy groups -OCH3 is 1. The molecule has 0 radical (unpaired) electrons. The number of phenols is 1. The second-order valence-corrected chi connectivity index (χ2v) is 7.49. The van der Waals surface area contributed by atoms with E-state index in [2.05, 4.69) is 20.5 Å². The highest BCUT2D eigenvalue weighted by Crippen LogP contribution is 2.45. The molecule has 0 saturated heterocycles. The number of hydrogen-bond acceptors (Lipinski definition) is 5. The molecule has 2 aromatic heterocycles. The van der Waals surface area contributed by atoms with Gasteiger partial charge >= 0.3 is 0 Å². The van der Waals surface area contributed by atoms with E-state index in [0.29, 0.717) is 5.75 Å². The molecule has 1 atom stereocenters. The number of nitrogens with zero attached hydrogens (tertiary/aromatic N) is 3. The number of ether oxygens (including phenoxy) is 2. The molecule has 0 bridgehead atoms. The van der Waals surface area contributed by atoms with E-state index < -0.39 is 6.67 Å². The summed E-state index contributed by atoms with van der Waals surface area (Å²) in [5.41, 5.74) is 4.66. The van der Waals surface area contributed by atoms with Crippen LogP contribution in [0.4, 0.5) is 10.1 Å². The van der Waals surface area contributed by atoms with Crippen molar-refractivity contribution in [3.05, 3.63) is 72.1 Å². The second-order valence-electron chi connectivity index (χ2n) is 7.49. The molecule has 0 fully saturated rings. The number of halogens is 1. The molecule has 0 aliphatic carbocycles. The van der Waals surface area contributed by atoms with Crippen LogP contribution >= 0.6 is 0 Å². The Morgan fingerprint density at radius 2 is 1.94 bits per heavy atom. The summed E-state index contributed by atoms with van der Waals surface area (Å²) in [6, 6.07) is 16.8. The van der Waals surface area contributed by atoms with Crippen LogP contribution in [0.3, 0.4) is 0 Å². The van der Waals surface area contributed by atoms with E-state index >= 15 is 0 Å². The molecule has 1 aliphatic heterocycles. The number of fused-ring (bicyclic) bond motifs is 5. The summed E-state index contributed by atoms with van der Waals surface area (Å²) in [7, 11) is 3.65. The van der Waals surface area contributed by atoms with Crippen molar-refractivity contribution in [1.29, 1.82) is 0 Å². The fraction of sp³-hybridized carbons (Fsp3) is 0.208. The maximum absolute atomic E-state index is 12.6. The Morgan fingerprint density at radius 3 is 2.74 bits per heavy atom. The third kappa shape index (κ3) is 3.13. The van der Waals surface area contributed by atoms with Gasteiger partial charge in [-0.3, -0.25) is 4.57 Å². The lowest BCUT2D eigenvalue weighted by molar-refractivity contribution is 0.272. The number of rotatable bonds is 5. The Morgan fingerprint density at radius 1 is 1.06 bits per heavy atom. The van der Waals surface area contributed by atoms with Crippen molar-refractivity contribution in [1.82, 2.24) is 9.55 Å². The number of alkyl halides is 1. The lowest BCUT2D eigenvalue weighted by Crippen LogP contribution is -2.32. The van der Waals surface area contributed by atoms with Crippen LogP contribution in [0, 0.1) is 0 Å². The molecule has 1 aliphatic rings. The molecule has 6 nitrogen and oxygen atoms in total. The Balaban J connectivity index is 1.75. The highest BCUT2D eigenvalue weighted by atomic mass is 18.2. The first-order valence-corrected chi connectivity index (χ1v) is 10.0. The van der Waals surface area contributed by atoms with Crippen LogP contribution in [0.5, 0.6) is 17.2 Å². The van der Waals surface area contributed by atoms with E-state index in [1.54, 1.807) is 19.4 Å². The van der Waals surface area contributed by atoms with Crippen molar-refractivity contribution in [2.24, 2.45) is 0 Å². The molecule has 1 N–H and O–H groups in total. The zero-order valence-corrected chi connectivity index (χ0v) is 17.2. The topological polar surface area (TPSA) is 59.8 Å². The molecular weight excluding hydrogens is 396 g/mol. The number of hydrogen-bond donors (Lipinski definition) is 1. The molecule has 1 unspecified atom stereocenters. The summed E-state index contributed by atoms with van der Waals surface area (Å²) in [4.78, 5) is 6.76. The Kier molecular flexibility index (Phi) is 4.66. The minimum Gasteiger partial charge on any atom is -0.508 e. The first kappa shape index (κ1) is 19.2. The smallest absolute Gasteiger partial charge is 0.144 e. The van der Waals surface area contributed by atoms with Crippen LogP contribution in [0.1, 0.15) is 17.3 Å². The van der Waals surface area contributed by atoms with Crippen LogP contribution in [-0.4, -0.2) is 42.1 Å². The first-order chi connectivity index (χ1) is 15.1. The van der Waals surface area contributed by atoms with Gasteiger partial charge in [-0.2, -0.15) is 0 Å². The Bertz CT molecular complexity index is 1270. The lowest BCUT2D eigenvalue weighted by Gasteiger charge is -2.37. The monoisotopic (exact) mass is 418 g/mol. The van der Waals surface area contributed by atoms with Gasteiger partial charge in [-0.25, -0.2) is 9.37 Å². The quantitative estimate of drug-likeness (QED) is 0.512. The first-order valence-electron chi connectivity index (χ1n) is 10.0. The summed E-state index contributed by atoms with van der Waals surface area (Å²) in [5.74, 6) is 1.25. The fourth-order valence-electron chi connectivity index (χ4n) is 4.35. The van der Waals surface area contributed by atoms with Gasteiger partial charge in [0.1, 0.15) is 36.2 Å². The number of benzene rings is 2. The zero-order chi connectivity index (χ0) is 21.5. The summed E-state index contributed by atoms with van der Waals surface area (Å²) in [5, 5.41) is 11.4. The molecule has 5 rings (SSSR count). The van der Waals surface area contributed by atoms with Gasteiger partial charge in [0.2, 0.25) is 0 Å². The van der Waals surface area contributed by atoms with E-state index in [-0.39, 0.29) is 18.4 Å². The molecule has 158 valence electrons. The Labute approximate surface area is 179 Å². The second kappa shape index (κ2) is 7.50. The van der Waals surface area contributed by atoms with Crippen LogP contribution in [0.15, 0.2) is 60.8 Å². The van der Waals surface area contributed by atoms with Gasteiger partial charge in [-0.05, 0) is 48.0 Å². The van der Waals surface area contributed by atoms with Gasteiger partial charge in [-0.1, -0.05) is 0 Å². The zero-order valence-electron chi connectivity index (χ0n) is 17.2. The van der Waals surface area contributed by atoms with Gasteiger partial charge in [0.15, 0.2) is 0 Å². The van der Waals surface area contributed by atoms with Crippen molar-refractivity contribution in [3.8, 4) is 22.9 Å². The van der Waals surface area contributed by atoms with E-state index in [4.69, 9.17) is 9.47 Å². The normalized spacial score (nSPS) is 14.9. The number of aromatic nitrogens is 2. The minimum absolute atomic E-state index is 0.0619. The molecule has 0 amide bonds. The average Bonchev–Trinajstić information content (AvgIpc) is 3.16. The predicted octanol–water partition coefficient (Wildman–Crippen LogP) is 4.63. The van der Waals surface area contributed by atoms with Gasteiger partial charge < -0.3 is 19.5 Å². The standard InChI is InChI=1S/C24H22FN3O3/c1-27-21-14-18(30-2)5-6-20(21)28-22(12-15-4-3-8-26-24(15)28)23(27)16-10-17(29)13-19(11-16)31-9-7-25/h3-6,8,10-14,23,29H,7,9H2,1-2H3/i25-1. The van der Waals surface area contributed by atoms with Gasteiger partial charge in [0.25, 0.3) is 0 Å². The van der Waals surface area contributed by atoms with E-state index in [0.717, 1.165) is 39.4 Å². The van der Waals surface area contributed by atoms with Crippen molar-refractivity contribution >= 4 is 16.7 Å². The van der Waals surface area contributed by atoms with Gasteiger partial charge in [0, 0.05) is 30.8 Å². The number of aromatic hydroxyl groups is 1. The molecule has 4 aromatic rings. The molecule has 0 saturated carbocycles. The third-order valence-corrected chi connectivity index (χ3v) is 5.64. The van der Waals surface area contributed by atoms with Gasteiger partial charge in [0.05, 0.1) is 30.2 Å². The lowest BCUT2D eigenvalue weighted by atomic mass is 9.98. The highest BCUT2D eigenvalue weighted by molar-refractivity contribution is 5.84. The predicted molar refractivity (Wildman–Crippen MR) is 117 cm³/mol. The number of pyridine rings is 1. The summed E-state index contributed by atoms with van der Waals surface area (Å²) in [6.07, 6.45) is 1.78. The van der Waals surface area contributed by atoms with Crippen LogP contribution in [-0.2, 0) is 0 Å². The summed E-state index contributed by atoms with van der Waals surface area (Å²) < 4.78 is 25.7. The summed E-state index contributed by atoms with van der Waals surface area (Å²) >= 11 is 0. The molecular formula is C24H22FN3O3. The molecule has 0 spiro atoms. The molecule has 3 heterocycles. The SMILES string of the molecule is COc1ccc2c(c1)N(C)C(c1cc(O)cc(OCC[18F])c1)c1cc3cccnc3n1-2. The Hall–Kier alpha value is -3.74. The van der Waals surface area contributed by atoms with Crippen molar-refractivity contribution in [3.63, 3.8) is 0 Å². The maximum atomic E-state index is 12.6. The van der Waals surface area contributed by atoms with E-state index in [1.807, 2.05) is 43.4 Å². The van der Waals surface area contributed by atoms with Crippen molar-refractivity contribution in [2.75, 3.05) is 32.3 Å². The van der Waals surface area contributed by atoms with Gasteiger partial charge in [-0.15, -0.1) is 0 Å². The minimum atomic E-state index is -0.596. The molecule has 2 aromatic carbocycles. The summed E-state index contributed by atoms with van der Waals surface area (Å²) in [6.45, 7) is -0.658. The molecule has 31 heavy (non-hydrogen) atoms. The van der Waals surface area contributed by atoms with Crippen LogP contribution in [0.25, 0.3) is 16.7 Å². The van der Waals surface area contributed by atoms with Crippen LogP contribution in [0.2, 0.25) is 0 Å². The van der Waals surface area contributed by atoms with E-state index in [1.165, 1.54) is 6.07 Å². The van der Waals surface area contributed by atoms with E-state index in [9.17, 15) is 9.50 Å².